The summed E-state index contributed by atoms with van der Waals surface area (Å²) in [7, 11) is 0. The number of para-hydroxylation sites is 1. The van der Waals surface area contributed by atoms with Gasteiger partial charge < -0.3 is 56.5 Å². The number of nitrogens with two attached hydrogens (primary N) is 1. The highest BCUT2D eigenvalue weighted by molar-refractivity contribution is 7.22. The van der Waals surface area contributed by atoms with Crippen LogP contribution in [0.4, 0.5) is 26.2 Å². The number of pyridine rings is 1. The van der Waals surface area contributed by atoms with E-state index in [2.05, 4.69) is 45.4 Å². The Balaban J connectivity index is 0.696. The van der Waals surface area contributed by atoms with Crippen molar-refractivity contribution >= 4 is 97.7 Å². The number of allylic oxidation sites excluding steroid dienone is 2. The van der Waals surface area contributed by atoms with Gasteiger partial charge in [0, 0.05) is 98.8 Å². The number of carboxylic acids is 2. The van der Waals surface area contributed by atoms with Crippen LogP contribution in [0, 0.1) is 35.5 Å². The lowest BCUT2D eigenvalue weighted by atomic mass is 9.73. The number of primary amides is 1. The standard InChI is InChI=1S/C75H89N13O14S/c1-44(2)65(83-60(89)19-7-6-10-32-87-61(90)27-28-62(87)91)69(96)80-56(17-12-30-77-71(76)99)68(95)79-49-23-21-47(22-24-49)41-102-73(100)85(31-13-20-63(92)93)34-35-101-57-38-75(37-54-64(57)45(3)36-74(54,5)42-75)43-88-46(4)52(39-78-88)50-25-26-59(82-66(50)70(97)98)86-33-29-48-14-11-15-51(53(48)40-86)67(94)84-72-81-55-16-8-9-18-58(55)103-72/h8-9,11,14-16,18,21-28,39,44-45,54,56,65H,6-7,10,12-13,17,19-20,29-38,40-43H2,1-5H3,(H,79,95)(H,80,96)(H,83,89)(H,92,93)(H,97,98)(H3,76,77,99)(H,81,84,94)/t45?,54?,56-,65-,74?,75?/m0/s1. The van der Waals surface area contributed by atoms with Gasteiger partial charge in [0.05, 0.1) is 28.7 Å². The number of aromatic nitrogens is 4. The highest BCUT2D eigenvalue weighted by atomic mass is 32.1. The van der Waals surface area contributed by atoms with Crippen LogP contribution in [0.25, 0.3) is 21.3 Å². The van der Waals surface area contributed by atoms with Gasteiger partial charge in [0.1, 0.15) is 31.1 Å². The quantitative estimate of drug-likeness (QED) is 0.0140. The number of benzene rings is 3. The second-order valence-corrected chi connectivity index (χ2v) is 29.3. The number of carbonyl (C=O) groups excluding carboxylic acids is 8. The molecule has 2 bridgehead atoms. The first kappa shape index (κ1) is 73.7. The Hall–Kier alpha value is -10.5. The Morgan fingerprint density at radius 1 is 0.835 bits per heavy atom. The van der Waals surface area contributed by atoms with Crippen molar-refractivity contribution in [2.45, 2.75) is 150 Å². The molecule has 3 aliphatic carbocycles. The van der Waals surface area contributed by atoms with Crippen molar-refractivity contribution < 1.29 is 67.6 Å². The van der Waals surface area contributed by atoms with Crippen molar-refractivity contribution in [2.24, 2.45) is 34.3 Å². The maximum absolute atomic E-state index is 13.9. The zero-order valence-corrected chi connectivity index (χ0v) is 59.4. The molecule has 6 atom stereocenters. The number of amides is 9. The van der Waals surface area contributed by atoms with Crippen LogP contribution in [0.15, 0.2) is 109 Å². The molecule has 3 aromatic heterocycles. The predicted molar refractivity (Wildman–Crippen MR) is 384 cm³/mol. The van der Waals surface area contributed by atoms with E-state index in [9.17, 15) is 58.2 Å². The van der Waals surface area contributed by atoms with Gasteiger partial charge in [-0.3, -0.25) is 48.5 Å². The third-order valence-corrected chi connectivity index (χ3v) is 21.4. The Morgan fingerprint density at radius 2 is 1.61 bits per heavy atom. The Bertz CT molecular complexity index is 4270. The van der Waals surface area contributed by atoms with Crippen molar-refractivity contribution in [1.29, 1.82) is 0 Å². The van der Waals surface area contributed by atoms with E-state index in [-0.39, 0.29) is 129 Å². The van der Waals surface area contributed by atoms with Gasteiger partial charge in [0.25, 0.3) is 17.7 Å². The molecule has 5 aliphatic rings. The number of hydrogen-bond donors (Lipinski definition) is 8. The average Bonchev–Trinajstić information content (AvgIpc) is 1.54. The number of aliphatic carboxylic acids is 1. The number of anilines is 3. The van der Waals surface area contributed by atoms with Crippen molar-refractivity contribution in [1.82, 2.24) is 45.5 Å². The molecule has 11 rings (SSSR count). The first-order chi connectivity index (χ1) is 49.3. The fraction of sp³-hybridized carbons (Fsp3) is 0.453. The summed E-state index contributed by atoms with van der Waals surface area (Å²) in [5.74, 6) is -3.24. The SMILES string of the molecule is Cc1c(-c2ccc(N3CCc4cccc(C(=O)Nc5nc6ccccc6s5)c4C3)nc2C(=O)O)cnn1CC12CC(OCCN(CCCC(=O)O)C(=O)OCc3ccc(NC(=O)[C@H](CCCNC(N)=O)NC(=O)[C@@H](NC(=O)CCCCCN4C(=O)C=CC4=O)C(C)C)cc3)=C3C(C)CC(C)(C1)C3C2. The number of hydrogen-bond acceptors (Lipinski definition) is 17. The molecule has 6 aromatic rings. The molecule has 5 heterocycles. The van der Waals surface area contributed by atoms with Gasteiger partial charge in [-0.2, -0.15) is 5.10 Å². The van der Waals surface area contributed by atoms with E-state index in [1.165, 1.54) is 34.0 Å². The minimum absolute atomic E-state index is 0.00309. The van der Waals surface area contributed by atoms with E-state index in [0.29, 0.717) is 90.6 Å². The topological polar surface area (TPSA) is 369 Å². The number of nitrogens with one attached hydrogen (secondary N) is 5. The van der Waals surface area contributed by atoms with Crippen molar-refractivity contribution in [3.63, 3.8) is 0 Å². The zero-order chi connectivity index (χ0) is 73.3. The summed E-state index contributed by atoms with van der Waals surface area (Å²) in [5.41, 5.74) is 12.2. The van der Waals surface area contributed by atoms with Gasteiger partial charge in [-0.1, -0.05) is 81.9 Å². The summed E-state index contributed by atoms with van der Waals surface area (Å²) in [6, 6.07) is 20.7. The summed E-state index contributed by atoms with van der Waals surface area (Å²) >= 11 is 1.40. The molecule has 0 saturated heterocycles. The van der Waals surface area contributed by atoms with Crippen molar-refractivity contribution in [2.75, 3.05) is 54.9 Å². The molecule has 544 valence electrons. The fourth-order valence-electron chi connectivity index (χ4n) is 15.6. The number of ether oxygens (including phenoxy) is 2. The average molecular weight is 1430 g/mol. The monoisotopic (exact) mass is 1430 g/mol. The predicted octanol–water partition coefficient (Wildman–Crippen LogP) is 9.49. The minimum Gasteiger partial charge on any atom is -0.496 e. The Kier molecular flexibility index (Phi) is 23.1. The van der Waals surface area contributed by atoms with Crippen LogP contribution in [-0.4, -0.2) is 151 Å². The second kappa shape index (κ2) is 32.2. The van der Waals surface area contributed by atoms with Crippen LogP contribution in [0.3, 0.4) is 0 Å². The molecule has 103 heavy (non-hydrogen) atoms. The molecule has 0 spiro atoms. The number of carboxylic acid groups (broad SMARTS) is 2. The molecule has 0 radical (unpaired) electrons. The number of imide groups is 1. The van der Waals surface area contributed by atoms with Gasteiger partial charge in [0.15, 0.2) is 10.8 Å². The third kappa shape index (κ3) is 17.5. The van der Waals surface area contributed by atoms with E-state index in [0.717, 1.165) is 57.0 Å². The van der Waals surface area contributed by atoms with Crippen LogP contribution < -0.4 is 37.2 Å². The normalized spacial score (nSPS) is 19.3. The number of aromatic carboxylic acids is 1. The summed E-state index contributed by atoms with van der Waals surface area (Å²) < 4.78 is 15.5. The lowest BCUT2D eigenvalue weighted by Gasteiger charge is -2.37. The van der Waals surface area contributed by atoms with Crippen LogP contribution >= 0.6 is 11.3 Å². The Labute approximate surface area is 600 Å². The first-order valence-corrected chi connectivity index (χ1v) is 36.0. The lowest BCUT2D eigenvalue weighted by molar-refractivity contribution is -0.138. The van der Waals surface area contributed by atoms with Crippen LogP contribution in [0.1, 0.15) is 148 Å². The van der Waals surface area contributed by atoms with Gasteiger partial charge in [-0.15, -0.1) is 0 Å². The lowest BCUT2D eigenvalue weighted by Crippen LogP contribution is -2.54. The number of carbonyl (C=O) groups is 10. The van der Waals surface area contributed by atoms with Gasteiger partial charge in [-0.05, 0) is 158 Å². The van der Waals surface area contributed by atoms with Crippen molar-refractivity contribution in [3.8, 4) is 11.1 Å². The van der Waals surface area contributed by atoms with Gasteiger partial charge in [0.2, 0.25) is 17.7 Å². The number of rotatable bonds is 33. The minimum atomic E-state index is -1.18. The fourth-order valence-corrected chi connectivity index (χ4v) is 16.4. The van der Waals surface area contributed by atoms with E-state index < -0.39 is 48.0 Å². The smallest absolute Gasteiger partial charge is 0.410 e. The number of urea groups is 1. The second-order valence-electron chi connectivity index (χ2n) is 28.3. The van der Waals surface area contributed by atoms with Gasteiger partial charge in [-0.25, -0.2) is 24.4 Å². The van der Waals surface area contributed by atoms with E-state index in [1.54, 1.807) is 56.4 Å². The molecular weight excluding hydrogens is 1340 g/mol. The first-order valence-electron chi connectivity index (χ1n) is 35.2. The van der Waals surface area contributed by atoms with Crippen LogP contribution in [0.5, 0.6) is 0 Å². The maximum atomic E-state index is 13.9. The van der Waals surface area contributed by atoms with Gasteiger partial charge >= 0.3 is 24.1 Å². The summed E-state index contributed by atoms with van der Waals surface area (Å²) in [6.07, 6.45) is 9.49. The van der Waals surface area contributed by atoms with E-state index in [1.807, 2.05) is 59.0 Å². The zero-order valence-electron chi connectivity index (χ0n) is 58.6. The van der Waals surface area contributed by atoms with E-state index in [4.69, 9.17) is 25.3 Å². The third-order valence-electron chi connectivity index (χ3n) is 20.5. The molecule has 2 saturated carbocycles. The summed E-state index contributed by atoms with van der Waals surface area (Å²) in [4.78, 5) is 142. The molecule has 4 unspecified atom stereocenters. The molecule has 2 aliphatic heterocycles. The highest BCUT2D eigenvalue weighted by Crippen LogP contribution is 2.70. The number of nitrogens with zero attached hydrogens (tertiary/aromatic N) is 7. The summed E-state index contributed by atoms with van der Waals surface area (Å²) in [5, 5.41) is 39.6. The van der Waals surface area contributed by atoms with Crippen LogP contribution in [0.2, 0.25) is 0 Å². The van der Waals surface area contributed by atoms with E-state index >= 15 is 0 Å². The Morgan fingerprint density at radius 3 is 2.35 bits per heavy atom. The highest BCUT2D eigenvalue weighted by Gasteiger charge is 2.62. The number of thiazole rings is 1. The largest absolute Gasteiger partial charge is 0.496 e. The molecular formula is C75H89N13O14S. The molecule has 27 nitrogen and oxygen atoms in total. The summed E-state index contributed by atoms with van der Waals surface area (Å²) in [6.45, 7) is 12.0. The van der Waals surface area contributed by atoms with Crippen molar-refractivity contribution in [3.05, 3.63) is 142 Å². The number of unbranched alkanes of at least 4 members (excludes halogenated alkanes) is 2. The molecule has 28 heteroatoms. The molecule has 2 fully saturated rings. The molecule has 9 amide bonds. The molecule has 3 aromatic carbocycles. The maximum Gasteiger partial charge on any atom is 0.410 e. The molecule has 9 N–H and O–H groups in total. The van der Waals surface area contributed by atoms with Crippen LogP contribution in [-0.2, 0) is 64.4 Å². The number of fused-ring (bicyclic) bond motifs is 3.